The molecule has 0 aliphatic heterocycles. The maximum atomic E-state index is 5.55. The minimum Gasteiger partial charge on any atom is -0.377 e. The first-order valence-corrected chi connectivity index (χ1v) is 37.2. The second-order valence-corrected chi connectivity index (χ2v) is 32.3. The summed E-state index contributed by atoms with van der Waals surface area (Å²) in [6.07, 6.45) is 39.9. The van der Waals surface area contributed by atoms with Gasteiger partial charge in [0.25, 0.3) is 0 Å². The van der Waals surface area contributed by atoms with Crippen LogP contribution in [0, 0.1) is 0 Å². The van der Waals surface area contributed by atoms with Crippen LogP contribution in [0.2, 0.25) is 12.1 Å². The van der Waals surface area contributed by atoms with Crippen LogP contribution in [0.3, 0.4) is 0 Å². The predicted octanol–water partition coefficient (Wildman–Crippen LogP) is 19.3. The lowest BCUT2D eigenvalue weighted by atomic mass is 10.0. The molecule has 2 aromatic carbocycles. The topological polar surface area (TPSA) is 81.2 Å². The number of hydrogen-bond donors (Lipinski definition) is 0. The highest BCUT2D eigenvalue weighted by atomic mass is 33.5. The molecule has 0 amide bonds. The Kier molecular flexibility index (Phi) is 35.3. The average molecular weight is 1110 g/mol. The summed E-state index contributed by atoms with van der Waals surface area (Å²) in [5, 5.41) is 2.67. The summed E-state index contributed by atoms with van der Waals surface area (Å²) in [6, 6.07) is 19.2. The molecule has 4 rings (SSSR count). The number of nitrogens with zero attached hydrogens (tertiary/aromatic N) is 2. The monoisotopic (exact) mass is 1110 g/mol. The largest absolute Gasteiger partial charge is 0.500 e. The highest BCUT2D eigenvalue weighted by Gasteiger charge is 2.37. The van der Waals surface area contributed by atoms with Gasteiger partial charge in [0.1, 0.15) is 0 Å². The SMILES string of the molecule is CO[Si](CCCCCCCCCCCCCCCCC(CSSSCC(CCCCCCCCCCCCCCCC[Si](OC)(OC)OC)c1nc2ccccc2s1)c1nc2ccccc2s1)(OC)OC. The number of hydrogen-bond acceptors (Lipinski definition) is 13. The minimum atomic E-state index is -2.39. The molecule has 0 aliphatic rings. The van der Waals surface area contributed by atoms with Crippen LogP contribution in [0.1, 0.15) is 214 Å². The number of fused-ring (bicyclic) bond motifs is 2. The van der Waals surface area contributed by atoms with Gasteiger partial charge in [0.05, 0.1) is 30.4 Å². The maximum Gasteiger partial charge on any atom is 0.500 e. The molecule has 0 N–H and O–H groups in total. The van der Waals surface area contributed by atoms with Gasteiger partial charge in [-0.2, -0.15) is 0 Å². The van der Waals surface area contributed by atoms with Gasteiger partial charge in [-0.25, -0.2) is 9.97 Å². The zero-order valence-electron chi connectivity index (χ0n) is 45.2. The molecule has 0 saturated heterocycles. The van der Waals surface area contributed by atoms with Crippen molar-refractivity contribution in [1.29, 1.82) is 0 Å². The summed E-state index contributed by atoms with van der Waals surface area (Å²) < 4.78 is 36.0. The van der Waals surface area contributed by atoms with Crippen molar-refractivity contribution in [2.75, 3.05) is 54.2 Å². The van der Waals surface area contributed by atoms with E-state index in [1.807, 2.05) is 32.5 Å². The van der Waals surface area contributed by atoms with E-state index in [-0.39, 0.29) is 0 Å². The van der Waals surface area contributed by atoms with Gasteiger partial charge in [-0.1, -0.05) is 213 Å². The van der Waals surface area contributed by atoms with Gasteiger partial charge in [-0.3, -0.25) is 0 Å². The highest BCUT2D eigenvalue weighted by molar-refractivity contribution is 9.09. The van der Waals surface area contributed by atoms with Crippen LogP contribution >= 0.6 is 54.1 Å². The number of benzene rings is 2. The summed E-state index contributed by atoms with van der Waals surface area (Å²) in [7, 11) is 11.6. The third kappa shape index (κ3) is 25.4. The molecule has 0 saturated carbocycles. The lowest BCUT2D eigenvalue weighted by Gasteiger charge is -2.24. The van der Waals surface area contributed by atoms with E-state index in [4.69, 9.17) is 36.5 Å². The molecule has 71 heavy (non-hydrogen) atoms. The van der Waals surface area contributed by atoms with Crippen molar-refractivity contribution in [1.82, 2.24) is 9.97 Å². The first-order valence-electron chi connectivity index (χ1n) is 27.9. The Morgan fingerprint density at radius 2 is 0.648 bits per heavy atom. The molecular formula is C56H96N2O6S5Si2. The van der Waals surface area contributed by atoms with Crippen LogP contribution in [-0.4, -0.2) is 81.7 Å². The van der Waals surface area contributed by atoms with Gasteiger partial charge < -0.3 is 26.6 Å². The molecule has 0 fully saturated rings. The van der Waals surface area contributed by atoms with E-state index in [0.29, 0.717) is 11.8 Å². The van der Waals surface area contributed by atoms with Gasteiger partial charge in [-0.15, -0.1) is 22.7 Å². The van der Waals surface area contributed by atoms with Crippen LogP contribution in [-0.2, 0) is 26.6 Å². The summed E-state index contributed by atoms with van der Waals surface area (Å²) in [4.78, 5) is 10.3. The first-order chi connectivity index (χ1) is 34.9. The van der Waals surface area contributed by atoms with Crippen molar-refractivity contribution in [2.24, 2.45) is 0 Å². The van der Waals surface area contributed by atoms with Crippen molar-refractivity contribution in [3.05, 3.63) is 58.5 Å². The lowest BCUT2D eigenvalue weighted by molar-refractivity contribution is 0.122. The van der Waals surface area contributed by atoms with Crippen molar-refractivity contribution in [3.8, 4) is 0 Å². The van der Waals surface area contributed by atoms with Crippen molar-refractivity contribution < 1.29 is 26.6 Å². The fourth-order valence-electron chi connectivity index (χ4n) is 9.76. The first kappa shape index (κ1) is 63.0. The number of para-hydroxylation sites is 2. The fourth-order valence-corrected chi connectivity index (χ4v) is 20.1. The quantitative estimate of drug-likeness (QED) is 0.0241. The molecule has 4 aromatic rings. The molecule has 404 valence electrons. The predicted molar refractivity (Wildman–Crippen MR) is 319 cm³/mol. The molecule has 8 nitrogen and oxygen atoms in total. The van der Waals surface area contributed by atoms with Crippen LogP contribution < -0.4 is 0 Å². The molecule has 15 heteroatoms. The molecular weight excluding hydrogens is 1010 g/mol. The second kappa shape index (κ2) is 39.8. The summed E-state index contributed by atoms with van der Waals surface area (Å²) in [5.41, 5.74) is 2.32. The Hall–Kier alpha value is -0.536. The van der Waals surface area contributed by atoms with E-state index in [1.165, 1.54) is 199 Å². The summed E-state index contributed by atoms with van der Waals surface area (Å²) in [5.74, 6) is 3.29. The van der Waals surface area contributed by atoms with Gasteiger partial charge in [0, 0.05) is 78.1 Å². The van der Waals surface area contributed by atoms with Gasteiger partial charge in [0.2, 0.25) is 0 Å². The zero-order chi connectivity index (χ0) is 50.5. The van der Waals surface area contributed by atoms with Crippen LogP contribution in [0.5, 0.6) is 0 Å². The van der Waals surface area contributed by atoms with Gasteiger partial charge in [0.15, 0.2) is 0 Å². The molecule has 0 aliphatic carbocycles. The molecule has 0 bridgehead atoms. The van der Waals surface area contributed by atoms with Crippen LogP contribution in [0.4, 0.5) is 0 Å². The third-order valence-electron chi connectivity index (χ3n) is 14.4. The summed E-state index contributed by atoms with van der Waals surface area (Å²) in [6.45, 7) is 0. The maximum absolute atomic E-state index is 5.55. The molecule has 0 radical (unpaired) electrons. The van der Waals surface area contributed by atoms with Crippen molar-refractivity contribution in [2.45, 2.75) is 217 Å². The van der Waals surface area contributed by atoms with E-state index in [9.17, 15) is 0 Å². The van der Waals surface area contributed by atoms with Gasteiger partial charge >= 0.3 is 17.6 Å². The Morgan fingerprint density at radius 3 is 0.930 bits per heavy atom. The second-order valence-electron chi connectivity index (χ2n) is 19.6. The van der Waals surface area contributed by atoms with Crippen LogP contribution in [0.25, 0.3) is 20.4 Å². The van der Waals surface area contributed by atoms with E-state index in [2.05, 4.69) is 70.1 Å². The van der Waals surface area contributed by atoms with Crippen molar-refractivity contribution in [3.63, 3.8) is 0 Å². The average Bonchev–Trinajstić information content (AvgIpc) is 4.05. The van der Waals surface area contributed by atoms with Crippen LogP contribution in [0.15, 0.2) is 48.5 Å². The minimum absolute atomic E-state index is 0.519. The molecule has 2 atom stereocenters. The van der Waals surface area contributed by atoms with E-state index >= 15 is 0 Å². The Bertz CT molecular complexity index is 1670. The zero-order valence-corrected chi connectivity index (χ0v) is 51.3. The normalized spacial score (nSPS) is 13.3. The standard InChI is InChI=1S/C56H96N2O6S5Si2/c1-59-70(60-2,61-3)45-37-29-25-21-17-13-9-7-11-15-19-23-27-31-39-49(55-57-51-41-33-35-43-53(51)67-55)47-65-69-66-48-50(56-58-52-42-34-36-44-54(52)68-56)40-32-28-24-20-16-12-8-10-14-18-22-26-30-38-46-71(62-4,63-5)64-6/h33-36,41-44,49-50H,7-32,37-40,45-48H2,1-6H3. The number of unbranched alkanes of at least 4 members (excludes halogenated alkanes) is 26. The van der Waals surface area contributed by atoms with E-state index < -0.39 is 17.6 Å². The van der Waals surface area contributed by atoms with E-state index in [0.717, 1.165) is 47.5 Å². The Labute approximate surface area is 454 Å². The van der Waals surface area contributed by atoms with Crippen molar-refractivity contribution >= 4 is 92.1 Å². The Balaban J connectivity index is 1.06. The van der Waals surface area contributed by atoms with E-state index in [1.54, 1.807) is 42.7 Å². The molecule has 0 spiro atoms. The Morgan fingerprint density at radius 1 is 0.380 bits per heavy atom. The molecule has 2 unspecified atom stereocenters. The molecule has 2 aromatic heterocycles. The smallest absolute Gasteiger partial charge is 0.377 e. The fraction of sp³-hybridized carbons (Fsp3) is 0.750. The summed E-state index contributed by atoms with van der Waals surface area (Å²) >= 11 is 3.84. The number of thiazole rings is 2. The van der Waals surface area contributed by atoms with Gasteiger partial charge in [-0.05, 0) is 59.8 Å². The number of rotatable bonds is 48. The molecule has 2 heterocycles. The lowest BCUT2D eigenvalue weighted by Crippen LogP contribution is -2.42. The number of aromatic nitrogens is 2. The highest BCUT2D eigenvalue weighted by Crippen LogP contribution is 2.44. The third-order valence-corrected chi connectivity index (χ3v) is 26.8.